The molecule has 4 rings (SSSR count). The van der Waals surface area contributed by atoms with E-state index in [1.165, 1.54) is 0 Å². The lowest BCUT2D eigenvalue weighted by Gasteiger charge is -2.38. The van der Waals surface area contributed by atoms with Gasteiger partial charge in [-0.25, -0.2) is 9.67 Å². The second-order valence-corrected chi connectivity index (χ2v) is 6.93. The zero-order valence-electron chi connectivity index (χ0n) is 14.9. The summed E-state index contributed by atoms with van der Waals surface area (Å²) in [6.07, 6.45) is 7.53. The van der Waals surface area contributed by atoms with Crippen LogP contribution in [0.1, 0.15) is 43.0 Å². The first kappa shape index (κ1) is 15.9. The highest BCUT2D eigenvalue weighted by Crippen LogP contribution is 2.36. The highest BCUT2D eigenvalue weighted by Gasteiger charge is 2.30. The van der Waals surface area contributed by atoms with Crippen LogP contribution in [0.3, 0.4) is 0 Å². The van der Waals surface area contributed by atoms with Crippen molar-refractivity contribution >= 4 is 5.82 Å². The lowest BCUT2D eigenvalue weighted by Crippen LogP contribution is -2.36. The van der Waals surface area contributed by atoms with E-state index in [-0.39, 0.29) is 6.04 Å². The molecule has 0 saturated carbocycles. The zero-order chi connectivity index (χ0) is 17.4. The molecule has 0 N–H and O–H groups in total. The number of hydrogen-bond donors (Lipinski definition) is 0. The maximum atomic E-state index is 5.70. The Bertz CT molecular complexity index is 855. The normalized spacial score (nSPS) is 20.8. The fourth-order valence-corrected chi connectivity index (χ4v) is 3.61. The van der Waals surface area contributed by atoms with E-state index in [0.29, 0.717) is 5.92 Å². The molecule has 6 heteroatoms. The minimum absolute atomic E-state index is 0.198. The van der Waals surface area contributed by atoms with Gasteiger partial charge < -0.3 is 9.32 Å². The molecule has 6 nitrogen and oxygen atoms in total. The van der Waals surface area contributed by atoms with Crippen LogP contribution in [0.5, 0.6) is 0 Å². The Labute approximate surface area is 147 Å². The summed E-state index contributed by atoms with van der Waals surface area (Å²) in [7, 11) is 0. The molecule has 2 atom stereocenters. The highest BCUT2D eigenvalue weighted by atomic mass is 16.3. The van der Waals surface area contributed by atoms with E-state index < -0.39 is 0 Å². The van der Waals surface area contributed by atoms with Crippen LogP contribution in [0.2, 0.25) is 0 Å². The van der Waals surface area contributed by atoms with E-state index >= 15 is 0 Å². The molecule has 0 bridgehead atoms. The van der Waals surface area contributed by atoms with Gasteiger partial charge in [0.15, 0.2) is 5.82 Å². The molecule has 3 aromatic rings. The molecule has 1 aliphatic heterocycles. The van der Waals surface area contributed by atoms with Gasteiger partial charge in [0, 0.05) is 12.2 Å². The summed E-state index contributed by atoms with van der Waals surface area (Å²) in [5, 5.41) is 4.52. The molecule has 2 unspecified atom stereocenters. The summed E-state index contributed by atoms with van der Waals surface area (Å²) in [5.74, 6) is 3.28. The van der Waals surface area contributed by atoms with Crippen LogP contribution in [0.25, 0.3) is 5.82 Å². The van der Waals surface area contributed by atoms with Gasteiger partial charge in [0.05, 0.1) is 30.4 Å². The number of aryl methyl sites for hydroxylation is 2. The van der Waals surface area contributed by atoms with Crippen LogP contribution in [0.4, 0.5) is 5.82 Å². The Morgan fingerprint density at radius 2 is 2.04 bits per heavy atom. The van der Waals surface area contributed by atoms with Crippen LogP contribution in [-0.2, 0) is 0 Å². The van der Waals surface area contributed by atoms with E-state index in [0.717, 1.165) is 48.2 Å². The van der Waals surface area contributed by atoms with Gasteiger partial charge in [0.2, 0.25) is 0 Å². The second-order valence-electron chi connectivity index (χ2n) is 6.93. The van der Waals surface area contributed by atoms with Crippen LogP contribution in [0.15, 0.2) is 41.3 Å². The summed E-state index contributed by atoms with van der Waals surface area (Å²) in [5.41, 5.74) is 2.03. The number of hydrogen-bond acceptors (Lipinski definition) is 5. The predicted octanol–water partition coefficient (Wildman–Crippen LogP) is 3.85. The van der Waals surface area contributed by atoms with Crippen molar-refractivity contribution in [3.05, 3.63) is 54.0 Å². The number of nitrogens with zero attached hydrogens (tertiary/aromatic N) is 5. The number of rotatable bonds is 3. The summed E-state index contributed by atoms with van der Waals surface area (Å²) in [4.78, 5) is 11.6. The van der Waals surface area contributed by atoms with Crippen LogP contribution in [-0.4, -0.2) is 26.3 Å². The van der Waals surface area contributed by atoms with Gasteiger partial charge in [0.25, 0.3) is 0 Å². The monoisotopic (exact) mass is 337 g/mol. The van der Waals surface area contributed by atoms with E-state index in [1.807, 2.05) is 42.9 Å². The van der Waals surface area contributed by atoms with Crippen molar-refractivity contribution in [2.75, 3.05) is 11.4 Å². The smallest absolute Gasteiger partial charge is 0.174 e. The van der Waals surface area contributed by atoms with Crippen LogP contribution < -0.4 is 4.90 Å². The third-order valence-electron chi connectivity index (χ3n) is 4.87. The Kier molecular flexibility index (Phi) is 4.03. The summed E-state index contributed by atoms with van der Waals surface area (Å²) >= 11 is 0. The number of piperidine rings is 1. The summed E-state index contributed by atoms with van der Waals surface area (Å²) in [6.45, 7) is 7.26. The van der Waals surface area contributed by atoms with Gasteiger partial charge in [-0.1, -0.05) is 6.92 Å². The second kappa shape index (κ2) is 6.35. The molecule has 130 valence electrons. The Morgan fingerprint density at radius 3 is 2.76 bits per heavy atom. The topological polar surface area (TPSA) is 60.0 Å². The van der Waals surface area contributed by atoms with Crippen molar-refractivity contribution < 1.29 is 4.42 Å². The summed E-state index contributed by atoms with van der Waals surface area (Å²) < 4.78 is 7.55. The molecule has 4 heterocycles. The van der Waals surface area contributed by atoms with Crippen molar-refractivity contribution in [3.63, 3.8) is 0 Å². The van der Waals surface area contributed by atoms with Gasteiger partial charge >= 0.3 is 0 Å². The molecule has 1 aliphatic rings. The van der Waals surface area contributed by atoms with Gasteiger partial charge in [-0.2, -0.15) is 5.10 Å². The molecule has 1 saturated heterocycles. The van der Waals surface area contributed by atoms with Gasteiger partial charge in [-0.3, -0.25) is 4.98 Å². The Morgan fingerprint density at radius 1 is 1.20 bits per heavy atom. The molecule has 0 spiro atoms. The van der Waals surface area contributed by atoms with Crippen molar-refractivity contribution in [1.29, 1.82) is 0 Å². The quantitative estimate of drug-likeness (QED) is 0.726. The average Bonchev–Trinajstić information content (AvgIpc) is 3.24. The Balaban J connectivity index is 1.70. The maximum Gasteiger partial charge on any atom is 0.174 e. The van der Waals surface area contributed by atoms with E-state index in [2.05, 4.69) is 21.9 Å². The highest BCUT2D eigenvalue weighted by molar-refractivity contribution is 5.43. The summed E-state index contributed by atoms with van der Waals surface area (Å²) in [6, 6.07) is 6.24. The lowest BCUT2D eigenvalue weighted by atomic mass is 9.91. The standard InChI is InChI=1S/C19H23N5O/c1-13-6-7-23(16(9-13)17-5-4-8-25-17)18-11-20-12-19(21-18)24-15(3)10-14(2)22-24/h4-5,8,10-13,16H,6-7,9H2,1-3H3. The molecular weight excluding hydrogens is 314 g/mol. The van der Waals surface area contributed by atoms with Crippen LogP contribution in [0, 0.1) is 19.8 Å². The van der Waals surface area contributed by atoms with Crippen molar-refractivity contribution in [2.45, 2.75) is 39.7 Å². The molecule has 0 amide bonds. The first-order chi connectivity index (χ1) is 12.1. The first-order valence-corrected chi connectivity index (χ1v) is 8.77. The van der Waals surface area contributed by atoms with Gasteiger partial charge in [-0.05, 0) is 50.8 Å². The largest absolute Gasteiger partial charge is 0.467 e. The van der Waals surface area contributed by atoms with Crippen LogP contribution >= 0.6 is 0 Å². The molecule has 25 heavy (non-hydrogen) atoms. The molecule has 0 aliphatic carbocycles. The maximum absolute atomic E-state index is 5.70. The minimum Gasteiger partial charge on any atom is -0.467 e. The van der Waals surface area contributed by atoms with E-state index in [9.17, 15) is 0 Å². The average molecular weight is 337 g/mol. The zero-order valence-corrected chi connectivity index (χ0v) is 14.9. The van der Waals surface area contributed by atoms with Crippen molar-refractivity contribution in [3.8, 4) is 5.82 Å². The number of aromatic nitrogens is 4. The molecule has 1 fully saturated rings. The van der Waals surface area contributed by atoms with Crippen molar-refractivity contribution in [1.82, 2.24) is 19.7 Å². The van der Waals surface area contributed by atoms with Crippen molar-refractivity contribution in [2.24, 2.45) is 5.92 Å². The predicted molar refractivity (Wildman–Crippen MR) is 95.8 cm³/mol. The molecule has 3 aromatic heterocycles. The fourth-order valence-electron chi connectivity index (χ4n) is 3.61. The lowest BCUT2D eigenvalue weighted by molar-refractivity contribution is 0.327. The third-order valence-corrected chi connectivity index (χ3v) is 4.87. The van der Waals surface area contributed by atoms with Gasteiger partial charge in [-0.15, -0.1) is 0 Å². The SMILES string of the molecule is Cc1cc(C)n(-c2cncc(N3CCC(C)CC3c3ccco3)n2)n1. The molecular formula is C19H23N5O. The van der Waals surface area contributed by atoms with E-state index in [4.69, 9.17) is 9.40 Å². The molecule has 0 radical (unpaired) electrons. The van der Waals surface area contributed by atoms with E-state index in [1.54, 1.807) is 12.5 Å². The number of furan rings is 1. The fraction of sp³-hybridized carbons (Fsp3) is 0.421. The van der Waals surface area contributed by atoms with Gasteiger partial charge in [0.1, 0.15) is 11.6 Å². The minimum atomic E-state index is 0.198. The molecule has 0 aromatic carbocycles. The first-order valence-electron chi connectivity index (χ1n) is 8.77. The third kappa shape index (κ3) is 3.04. The Hall–Kier alpha value is -2.63. The number of anilines is 1.